The smallest absolute Gasteiger partial charge is 0.0353 e. The van der Waals surface area contributed by atoms with Crippen LogP contribution in [0.15, 0.2) is 28.7 Å². The van der Waals surface area contributed by atoms with Crippen molar-refractivity contribution >= 4 is 21.6 Å². The van der Waals surface area contributed by atoms with Crippen LogP contribution in [-0.2, 0) is 0 Å². The molecule has 1 N–H and O–H groups in total. The van der Waals surface area contributed by atoms with E-state index in [0.717, 1.165) is 16.6 Å². The Bertz CT molecular complexity index is 393. The number of nitrogens with one attached hydrogen (secondary N) is 1. The lowest BCUT2D eigenvalue weighted by Gasteiger charge is -2.37. The van der Waals surface area contributed by atoms with Crippen LogP contribution >= 0.6 is 15.9 Å². The Labute approximate surface area is 112 Å². The molecule has 0 radical (unpaired) electrons. The lowest BCUT2D eigenvalue weighted by molar-refractivity contribution is 0.169. The number of anilines is 1. The summed E-state index contributed by atoms with van der Waals surface area (Å²) in [5.41, 5.74) is 1.24. The molecule has 3 atom stereocenters. The van der Waals surface area contributed by atoms with E-state index in [2.05, 4.69) is 57.5 Å². The zero-order chi connectivity index (χ0) is 11.8. The van der Waals surface area contributed by atoms with Crippen molar-refractivity contribution in [3.63, 3.8) is 0 Å². The van der Waals surface area contributed by atoms with Crippen molar-refractivity contribution in [3.8, 4) is 0 Å². The van der Waals surface area contributed by atoms with Gasteiger partial charge in [-0.3, -0.25) is 0 Å². The molecular formula is C14H19BrN2. The van der Waals surface area contributed by atoms with E-state index in [4.69, 9.17) is 0 Å². The molecule has 2 saturated heterocycles. The number of halogens is 1. The first-order chi connectivity index (χ1) is 8.22. The average molecular weight is 295 g/mol. The normalized spacial score (nSPS) is 32.7. The number of piperidine rings is 1. The highest BCUT2D eigenvalue weighted by Gasteiger charge is 2.38. The zero-order valence-corrected chi connectivity index (χ0v) is 11.8. The molecule has 0 aliphatic carbocycles. The maximum absolute atomic E-state index is 3.69. The van der Waals surface area contributed by atoms with Gasteiger partial charge in [-0.1, -0.05) is 22.0 Å². The van der Waals surface area contributed by atoms with E-state index in [1.54, 1.807) is 0 Å². The fourth-order valence-electron chi connectivity index (χ4n) is 3.34. The van der Waals surface area contributed by atoms with E-state index in [1.165, 1.54) is 31.4 Å². The Morgan fingerprint density at radius 1 is 1.24 bits per heavy atom. The second-order valence-corrected chi connectivity index (χ2v) is 6.29. The van der Waals surface area contributed by atoms with Crippen molar-refractivity contribution < 1.29 is 0 Å². The summed E-state index contributed by atoms with van der Waals surface area (Å²) >= 11 is 3.52. The van der Waals surface area contributed by atoms with Crippen LogP contribution in [0.5, 0.6) is 0 Å². The van der Waals surface area contributed by atoms with Crippen molar-refractivity contribution in [1.29, 1.82) is 0 Å². The summed E-state index contributed by atoms with van der Waals surface area (Å²) in [6, 6.07) is 10.7. The quantitative estimate of drug-likeness (QED) is 0.898. The molecule has 0 aromatic heterocycles. The number of benzene rings is 1. The van der Waals surface area contributed by atoms with E-state index in [0.29, 0.717) is 6.04 Å². The van der Waals surface area contributed by atoms with Gasteiger partial charge in [-0.25, -0.2) is 0 Å². The van der Waals surface area contributed by atoms with E-state index in [9.17, 15) is 0 Å². The van der Waals surface area contributed by atoms with Crippen LogP contribution in [0.2, 0.25) is 0 Å². The molecule has 92 valence electrons. The van der Waals surface area contributed by atoms with Crippen molar-refractivity contribution in [2.75, 3.05) is 12.4 Å². The van der Waals surface area contributed by atoms with Gasteiger partial charge in [-0.2, -0.15) is 0 Å². The molecule has 3 rings (SSSR count). The standard InChI is InChI=1S/C14H19BrN2/c1-17-13-5-6-14(17)9-12(8-13)16-11-4-2-3-10(15)7-11/h2-4,7,12-14,16H,5-6,8-9H2,1H3/t12-,13+,14-. The van der Waals surface area contributed by atoms with Crippen LogP contribution in [-0.4, -0.2) is 30.1 Å². The van der Waals surface area contributed by atoms with Gasteiger partial charge in [0.1, 0.15) is 0 Å². The fraction of sp³-hybridized carbons (Fsp3) is 0.571. The van der Waals surface area contributed by atoms with Gasteiger partial charge in [0.25, 0.3) is 0 Å². The highest BCUT2D eigenvalue weighted by Crippen LogP contribution is 2.35. The first kappa shape index (κ1) is 11.5. The summed E-state index contributed by atoms with van der Waals surface area (Å²) in [6.45, 7) is 0. The molecule has 2 aliphatic rings. The van der Waals surface area contributed by atoms with E-state index in [-0.39, 0.29) is 0 Å². The van der Waals surface area contributed by atoms with Gasteiger partial charge in [0, 0.05) is 28.3 Å². The predicted molar refractivity (Wildman–Crippen MR) is 75.4 cm³/mol. The molecule has 1 aromatic carbocycles. The molecule has 2 fully saturated rings. The minimum absolute atomic E-state index is 0.651. The lowest BCUT2D eigenvalue weighted by atomic mass is 9.98. The van der Waals surface area contributed by atoms with Gasteiger partial charge in [0.15, 0.2) is 0 Å². The van der Waals surface area contributed by atoms with Crippen molar-refractivity contribution in [1.82, 2.24) is 4.90 Å². The van der Waals surface area contributed by atoms with Crippen molar-refractivity contribution in [2.45, 2.75) is 43.8 Å². The summed E-state index contributed by atoms with van der Waals surface area (Å²) in [5, 5.41) is 3.69. The molecule has 3 heteroatoms. The summed E-state index contributed by atoms with van der Waals surface area (Å²) in [5.74, 6) is 0. The van der Waals surface area contributed by atoms with Gasteiger partial charge < -0.3 is 10.2 Å². The molecule has 1 aromatic rings. The minimum Gasteiger partial charge on any atom is -0.382 e. The maximum Gasteiger partial charge on any atom is 0.0353 e. The van der Waals surface area contributed by atoms with Gasteiger partial charge in [-0.05, 0) is 50.9 Å². The molecule has 17 heavy (non-hydrogen) atoms. The number of hydrogen-bond donors (Lipinski definition) is 1. The third-order valence-corrected chi connectivity index (χ3v) is 4.79. The zero-order valence-electron chi connectivity index (χ0n) is 10.2. The lowest BCUT2D eigenvalue weighted by Crippen LogP contribution is -2.44. The average Bonchev–Trinajstić information content (AvgIpc) is 2.52. The molecular weight excluding hydrogens is 276 g/mol. The van der Waals surface area contributed by atoms with Crippen LogP contribution in [0.25, 0.3) is 0 Å². The molecule has 2 aliphatic heterocycles. The second-order valence-electron chi connectivity index (χ2n) is 5.37. The Balaban J connectivity index is 1.67. The van der Waals surface area contributed by atoms with Gasteiger partial charge in [0.05, 0.1) is 0 Å². The molecule has 0 unspecified atom stereocenters. The van der Waals surface area contributed by atoms with Crippen LogP contribution < -0.4 is 5.32 Å². The number of hydrogen-bond acceptors (Lipinski definition) is 2. The fourth-order valence-corrected chi connectivity index (χ4v) is 3.74. The van der Waals surface area contributed by atoms with Crippen molar-refractivity contribution in [3.05, 3.63) is 28.7 Å². The number of rotatable bonds is 2. The Hall–Kier alpha value is -0.540. The summed E-state index contributed by atoms with van der Waals surface area (Å²) in [4.78, 5) is 2.58. The summed E-state index contributed by atoms with van der Waals surface area (Å²) in [7, 11) is 2.29. The number of nitrogens with zero attached hydrogens (tertiary/aromatic N) is 1. The van der Waals surface area contributed by atoms with Crippen LogP contribution in [0.4, 0.5) is 5.69 Å². The van der Waals surface area contributed by atoms with Gasteiger partial charge in [-0.15, -0.1) is 0 Å². The summed E-state index contributed by atoms with van der Waals surface area (Å²) < 4.78 is 1.15. The monoisotopic (exact) mass is 294 g/mol. The van der Waals surface area contributed by atoms with Crippen LogP contribution in [0, 0.1) is 0 Å². The van der Waals surface area contributed by atoms with E-state index in [1.807, 2.05) is 0 Å². The highest BCUT2D eigenvalue weighted by molar-refractivity contribution is 9.10. The van der Waals surface area contributed by atoms with E-state index >= 15 is 0 Å². The van der Waals surface area contributed by atoms with Crippen LogP contribution in [0.1, 0.15) is 25.7 Å². The highest BCUT2D eigenvalue weighted by atomic mass is 79.9. The molecule has 2 nitrogen and oxygen atoms in total. The number of fused-ring (bicyclic) bond motifs is 2. The Kier molecular flexibility index (Phi) is 3.14. The topological polar surface area (TPSA) is 15.3 Å². The van der Waals surface area contributed by atoms with Gasteiger partial charge >= 0.3 is 0 Å². The molecule has 2 heterocycles. The molecule has 2 bridgehead atoms. The Morgan fingerprint density at radius 3 is 2.59 bits per heavy atom. The third kappa shape index (κ3) is 2.36. The largest absolute Gasteiger partial charge is 0.382 e. The maximum atomic E-state index is 3.69. The minimum atomic E-state index is 0.651. The first-order valence-corrected chi connectivity index (χ1v) is 7.26. The van der Waals surface area contributed by atoms with E-state index < -0.39 is 0 Å². The van der Waals surface area contributed by atoms with Crippen molar-refractivity contribution in [2.24, 2.45) is 0 Å². The third-order valence-electron chi connectivity index (χ3n) is 4.29. The predicted octanol–water partition coefficient (Wildman–Crippen LogP) is 3.49. The molecule has 0 saturated carbocycles. The Morgan fingerprint density at radius 2 is 1.94 bits per heavy atom. The second kappa shape index (κ2) is 4.62. The molecule has 0 spiro atoms. The first-order valence-electron chi connectivity index (χ1n) is 6.46. The van der Waals surface area contributed by atoms with Gasteiger partial charge in [0.2, 0.25) is 0 Å². The molecule has 0 amide bonds. The van der Waals surface area contributed by atoms with Crippen LogP contribution in [0.3, 0.4) is 0 Å². The SMILES string of the molecule is CN1[C@@H]2CC[C@H]1C[C@@H](Nc1cccc(Br)c1)C2. The summed E-state index contributed by atoms with van der Waals surface area (Å²) in [6.07, 6.45) is 5.36.